The van der Waals surface area contributed by atoms with Crippen LogP contribution in [0.5, 0.6) is 0 Å². The molecule has 0 unspecified atom stereocenters. The Morgan fingerprint density at radius 3 is 0.919 bits per heavy atom. The molecule has 9 heteroatoms. The predicted octanol–water partition coefficient (Wildman–Crippen LogP) is 35.6. The number of aromatic nitrogens is 3. The standard InChI is InChI=1S/C45H33NS.C42H30N4S.C39H31NS/c1-45(2)38-21-13-12-20-37(38)43-39(45)23-25-42-44(43)46(36-18-10-5-11-19-36)40-29-32(22-24-41(40)47-42)35-27-33(30-14-6-3-7-15-30)26-34(28-35)31-16-8-4-9-17-31;1-42(2)32-21-13-12-20-31(32)37-33(42)23-25-36-38(37)46(30-18-10-5-11-19-30)34-26-29(22-24-35(34)47-36)41-44-39(27-14-6-3-7-15-27)43-40(45-41)28-16-8-4-9-17-28;1-3-39(4-2)32-17-11-10-16-31(32)37-33(39)21-23-36-38(37)40(30-14-6-5-7-15-30)34-25-29(20-22-35(34)41-36)28-19-18-26-12-8-9-13-27(26)24-28/h3-29H,1-2H3;3-26H,1-2H3;5-25H,3-4H2,1-2H3. The molecule has 20 aromatic rings. The highest BCUT2D eigenvalue weighted by molar-refractivity contribution is 8.00. The van der Waals surface area contributed by atoms with Gasteiger partial charge >= 0.3 is 0 Å². The van der Waals surface area contributed by atoms with Crippen molar-refractivity contribution >= 4 is 97.2 Å². The molecule has 3 aliphatic heterocycles. The predicted molar refractivity (Wildman–Crippen MR) is 567 cm³/mol. The summed E-state index contributed by atoms with van der Waals surface area (Å²) in [5, 5.41) is 2.54. The zero-order chi connectivity index (χ0) is 90.6. The van der Waals surface area contributed by atoms with E-state index in [1.54, 1.807) is 0 Å². The van der Waals surface area contributed by atoms with E-state index in [2.05, 4.69) is 432 Å². The van der Waals surface area contributed by atoms with Crippen LogP contribution in [-0.4, -0.2) is 15.0 Å². The third-order valence-corrected chi connectivity index (χ3v) is 31.8. The molecule has 135 heavy (non-hydrogen) atoms. The van der Waals surface area contributed by atoms with Gasteiger partial charge in [0.05, 0.1) is 34.1 Å². The topological polar surface area (TPSA) is 48.4 Å². The second-order valence-electron chi connectivity index (χ2n) is 36.7. The van der Waals surface area contributed by atoms with Gasteiger partial charge < -0.3 is 14.7 Å². The fourth-order valence-corrected chi connectivity index (χ4v) is 24.9. The Morgan fingerprint density at radius 2 is 0.504 bits per heavy atom. The number of hydrogen-bond acceptors (Lipinski definition) is 9. The van der Waals surface area contributed by atoms with Gasteiger partial charge in [0, 0.05) is 96.1 Å². The summed E-state index contributed by atoms with van der Waals surface area (Å²) in [6.07, 6.45) is 2.18. The Kier molecular flexibility index (Phi) is 20.8. The monoisotopic (exact) mass is 1790 g/mol. The Labute approximate surface area is 802 Å². The highest BCUT2D eigenvalue weighted by Gasteiger charge is 2.46. The molecule has 0 spiro atoms. The molecule has 6 nitrogen and oxygen atoms in total. The molecule has 0 saturated heterocycles. The molecular weight excluding hydrogens is 1690 g/mol. The number of para-hydroxylation sites is 3. The van der Waals surface area contributed by atoms with Crippen LogP contribution in [0.4, 0.5) is 51.2 Å². The van der Waals surface area contributed by atoms with Gasteiger partial charge in [0.25, 0.3) is 0 Å². The highest BCUT2D eigenvalue weighted by Crippen LogP contribution is 2.66. The van der Waals surface area contributed by atoms with Gasteiger partial charge in [-0.25, -0.2) is 15.0 Å². The normalized spacial score (nSPS) is 14.0. The largest absolute Gasteiger partial charge is 0.308 e. The molecule has 3 aliphatic carbocycles. The number of hydrogen-bond donors (Lipinski definition) is 0. The van der Waals surface area contributed by atoms with Crippen LogP contribution < -0.4 is 14.7 Å². The average molecular weight is 1790 g/mol. The van der Waals surface area contributed by atoms with E-state index in [4.69, 9.17) is 15.0 Å². The molecule has 4 heterocycles. The molecule has 0 atom stereocenters. The van der Waals surface area contributed by atoms with E-state index in [9.17, 15) is 0 Å². The lowest BCUT2D eigenvalue weighted by Crippen LogP contribution is -2.23. The van der Waals surface area contributed by atoms with Crippen molar-refractivity contribution in [2.75, 3.05) is 14.7 Å². The number of rotatable bonds is 12. The summed E-state index contributed by atoms with van der Waals surface area (Å²) in [5.41, 5.74) is 40.0. The Bertz CT molecular complexity index is 7600. The number of fused-ring (bicyclic) bond motifs is 19. The molecule has 0 fully saturated rings. The Morgan fingerprint density at radius 1 is 0.215 bits per heavy atom. The summed E-state index contributed by atoms with van der Waals surface area (Å²) in [6.45, 7) is 14.1. The number of nitrogens with zero attached hydrogens (tertiary/aromatic N) is 6. The third kappa shape index (κ3) is 14.2. The summed E-state index contributed by atoms with van der Waals surface area (Å²) in [5.74, 6) is 1.96. The first-order valence-corrected chi connectivity index (χ1v) is 49.3. The van der Waals surface area contributed by atoms with E-state index < -0.39 is 0 Å². The summed E-state index contributed by atoms with van der Waals surface area (Å²) >= 11 is 5.62. The molecule has 0 bridgehead atoms. The molecule has 0 amide bonds. The lowest BCUT2D eigenvalue weighted by Gasteiger charge is -2.36. The fourth-order valence-electron chi connectivity index (χ4n) is 21.7. The average Bonchev–Trinajstić information content (AvgIpc) is 1.57. The Hall–Kier alpha value is -15.1. The number of anilines is 9. The van der Waals surface area contributed by atoms with Gasteiger partial charge in [-0.15, -0.1) is 0 Å². The zero-order valence-electron chi connectivity index (χ0n) is 75.9. The first-order valence-electron chi connectivity index (χ1n) is 46.8. The summed E-state index contributed by atoms with van der Waals surface area (Å²) in [7, 11) is 0. The maximum Gasteiger partial charge on any atom is 0.164 e. The van der Waals surface area contributed by atoms with Crippen molar-refractivity contribution in [2.45, 2.75) is 100 Å². The molecule has 1 aromatic heterocycles. The lowest BCUT2D eigenvalue weighted by molar-refractivity contribution is 0.490. The summed E-state index contributed by atoms with van der Waals surface area (Å²) in [6, 6.07) is 158. The van der Waals surface area contributed by atoms with Crippen LogP contribution in [0.3, 0.4) is 0 Å². The minimum atomic E-state index is -0.0946. The van der Waals surface area contributed by atoms with E-state index >= 15 is 0 Å². The maximum absolute atomic E-state index is 5.05. The first kappa shape index (κ1) is 83.0. The van der Waals surface area contributed by atoms with Crippen LogP contribution in [0.25, 0.3) is 123 Å². The Balaban J connectivity index is 0.000000111. The molecular formula is C126H94N6S3. The zero-order valence-corrected chi connectivity index (χ0v) is 78.3. The molecule has 0 radical (unpaired) electrons. The van der Waals surface area contributed by atoms with Gasteiger partial charge in [-0.2, -0.15) is 0 Å². The van der Waals surface area contributed by atoms with E-state index in [1.165, 1.54) is 191 Å². The van der Waals surface area contributed by atoms with Gasteiger partial charge in [-0.05, 0) is 240 Å². The first-order chi connectivity index (χ1) is 66.3. The van der Waals surface area contributed by atoms with Gasteiger partial charge in [0.2, 0.25) is 0 Å². The second-order valence-corrected chi connectivity index (χ2v) is 39.9. The maximum atomic E-state index is 5.05. The van der Waals surface area contributed by atoms with Crippen LogP contribution in [0.2, 0.25) is 0 Å². The van der Waals surface area contributed by atoms with Crippen LogP contribution in [0.1, 0.15) is 87.8 Å². The SMILES string of the molecule is CC1(C)c2ccccc2-c2c1ccc1c2N(c2ccccc2)c2cc(-c3cc(-c4ccccc4)cc(-c4ccccc4)c3)ccc2S1.CC1(C)c2ccccc2-c2c1ccc1c2N(c2ccccc2)c2cc(-c3nc(-c4ccccc4)nc(-c4ccccc4)n3)ccc2S1.CCC1(CC)c2ccccc2-c2c1ccc1c2N(c2ccccc2)c2cc(-c3ccc4ccccc4c3)ccc2S1. The molecule has 646 valence electrons. The van der Waals surface area contributed by atoms with Crippen LogP contribution in [0.15, 0.2) is 466 Å². The van der Waals surface area contributed by atoms with Crippen molar-refractivity contribution in [1.82, 2.24) is 15.0 Å². The van der Waals surface area contributed by atoms with Gasteiger partial charge in [-0.1, -0.05) is 392 Å². The van der Waals surface area contributed by atoms with Crippen molar-refractivity contribution in [3.63, 3.8) is 0 Å². The summed E-state index contributed by atoms with van der Waals surface area (Å²) < 4.78 is 0. The molecule has 19 aromatic carbocycles. The molecule has 6 aliphatic rings. The van der Waals surface area contributed by atoms with Gasteiger partial charge in [0.15, 0.2) is 17.5 Å². The van der Waals surface area contributed by atoms with Crippen molar-refractivity contribution in [1.29, 1.82) is 0 Å². The van der Waals surface area contributed by atoms with Crippen molar-refractivity contribution < 1.29 is 0 Å². The molecule has 26 rings (SSSR count). The fraction of sp³-hybridized carbons (Fsp3) is 0.0873. The minimum Gasteiger partial charge on any atom is -0.308 e. The van der Waals surface area contributed by atoms with E-state index in [1.807, 2.05) is 95.9 Å². The second kappa shape index (κ2) is 33.9. The quantitative estimate of drug-likeness (QED) is 0.119. The van der Waals surface area contributed by atoms with Crippen molar-refractivity contribution in [3.8, 4) is 112 Å². The molecule has 0 N–H and O–H groups in total. The van der Waals surface area contributed by atoms with Gasteiger partial charge in [-0.3, -0.25) is 0 Å². The number of benzene rings is 19. The summed E-state index contributed by atoms with van der Waals surface area (Å²) in [4.78, 5) is 30.1. The van der Waals surface area contributed by atoms with Crippen LogP contribution >= 0.6 is 35.3 Å². The van der Waals surface area contributed by atoms with E-state index in [-0.39, 0.29) is 16.2 Å². The highest BCUT2D eigenvalue weighted by atomic mass is 32.2. The van der Waals surface area contributed by atoms with Crippen LogP contribution in [0, 0.1) is 0 Å². The molecule has 0 saturated carbocycles. The minimum absolute atomic E-state index is 0.0429. The lowest BCUT2D eigenvalue weighted by atomic mass is 9.74. The van der Waals surface area contributed by atoms with E-state index in [0.717, 1.165) is 40.9 Å². The van der Waals surface area contributed by atoms with Crippen LogP contribution in [-0.2, 0) is 16.2 Å². The van der Waals surface area contributed by atoms with Crippen molar-refractivity contribution in [3.05, 3.63) is 470 Å². The van der Waals surface area contributed by atoms with E-state index in [0.29, 0.717) is 17.5 Å². The smallest absolute Gasteiger partial charge is 0.164 e. The van der Waals surface area contributed by atoms with Crippen molar-refractivity contribution in [2.24, 2.45) is 0 Å². The van der Waals surface area contributed by atoms with Gasteiger partial charge in [0.1, 0.15) is 0 Å². The third-order valence-electron chi connectivity index (χ3n) is 28.4.